The first kappa shape index (κ1) is 15.2. The van der Waals surface area contributed by atoms with Crippen LogP contribution in [0.1, 0.15) is 5.56 Å². The van der Waals surface area contributed by atoms with Gasteiger partial charge in [-0.25, -0.2) is 4.39 Å². The Morgan fingerprint density at radius 1 is 1.62 bits per heavy atom. The van der Waals surface area contributed by atoms with Gasteiger partial charge in [0, 0.05) is 5.02 Å². The van der Waals surface area contributed by atoms with Crippen molar-refractivity contribution in [1.29, 1.82) is 0 Å². The summed E-state index contributed by atoms with van der Waals surface area (Å²) in [6, 6.07) is 3.17. The summed E-state index contributed by atoms with van der Waals surface area (Å²) in [5, 5.41) is 0.259. The molecule has 3 nitrogen and oxygen atoms in total. The summed E-state index contributed by atoms with van der Waals surface area (Å²) in [5.74, 6) is -0.939. The number of rotatable bonds is 3. The molecule has 0 radical (unpaired) electrons. The number of halogens is 3. The maximum atomic E-state index is 12.7. The van der Waals surface area contributed by atoms with E-state index in [1.54, 1.807) is 0 Å². The molecule has 1 aromatic carbocycles. The van der Waals surface area contributed by atoms with E-state index in [-0.39, 0.29) is 23.9 Å². The molecule has 2 N–H and O–H groups in total. The van der Waals surface area contributed by atoms with E-state index in [0.29, 0.717) is 5.56 Å². The largest absolute Gasteiger partial charge is 0.468 e. The third-order valence-electron chi connectivity index (χ3n) is 1.96. The summed E-state index contributed by atoms with van der Waals surface area (Å²) >= 11 is 5.77. The molecule has 0 spiro atoms. The Hall–Kier alpha value is -0.840. The highest BCUT2D eigenvalue weighted by Gasteiger charge is 2.15. The van der Waals surface area contributed by atoms with Gasteiger partial charge in [-0.3, -0.25) is 4.79 Å². The summed E-state index contributed by atoms with van der Waals surface area (Å²) < 4.78 is 17.2. The van der Waals surface area contributed by atoms with Crippen LogP contribution in [0.3, 0.4) is 0 Å². The van der Waals surface area contributed by atoms with Gasteiger partial charge in [-0.15, -0.1) is 12.4 Å². The Labute approximate surface area is 104 Å². The van der Waals surface area contributed by atoms with Crippen LogP contribution in [0.15, 0.2) is 18.2 Å². The standard InChI is InChI=1S/C10H11ClFNO2.ClH/c1-15-10(14)9(13)4-6-2-3-7(12)5-8(6)11;/h2-3,5,9H,4,13H2,1H3;1H/t9-;/m1./s1. The molecule has 0 amide bonds. The van der Waals surface area contributed by atoms with Crippen molar-refractivity contribution >= 4 is 30.0 Å². The number of methoxy groups -OCH3 is 1. The molecule has 90 valence electrons. The number of hydrogen-bond acceptors (Lipinski definition) is 3. The summed E-state index contributed by atoms with van der Waals surface area (Å²) in [6.45, 7) is 0. The fraction of sp³-hybridized carbons (Fsp3) is 0.300. The molecule has 0 saturated carbocycles. The van der Waals surface area contributed by atoms with Crippen LogP contribution in [0, 0.1) is 5.82 Å². The van der Waals surface area contributed by atoms with Crippen molar-refractivity contribution in [3.63, 3.8) is 0 Å². The third-order valence-corrected chi connectivity index (χ3v) is 2.31. The van der Waals surface area contributed by atoms with Crippen LogP contribution in [-0.2, 0) is 16.0 Å². The molecule has 0 aliphatic heterocycles. The second-order valence-electron chi connectivity index (χ2n) is 3.07. The first-order valence-electron chi connectivity index (χ1n) is 4.32. The molecule has 0 bridgehead atoms. The lowest BCUT2D eigenvalue weighted by Crippen LogP contribution is -2.33. The third kappa shape index (κ3) is 3.96. The monoisotopic (exact) mass is 267 g/mol. The lowest BCUT2D eigenvalue weighted by Gasteiger charge is -2.10. The van der Waals surface area contributed by atoms with Gasteiger partial charge in [0.05, 0.1) is 7.11 Å². The van der Waals surface area contributed by atoms with Crippen LogP contribution in [0.25, 0.3) is 0 Å². The van der Waals surface area contributed by atoms with Crippen molar-refractivity contribution in [3.8, 4) is 0 Å². The highest BCUT2D eigenvalue weighted by atomic mass is 35.5. The van der Waals surface area contributed by atoms with Gasteiger partial charge in [0.25, 0.3) is 0 Å². The molecule has 0 fully saturated rings. The zero-order chi connectivity index (χ0) is 11.4. The van der Waals surface area contributed by atoms with Crippen LogP contribution in [-0.4, -0.2) is 19.1 Å². The molecule has 1 aromatic rings. The predicted octanol–water partition coefficient (Wildman–Crippen LogP) is 1.94. The maximum absolute atomic E-state index is 12.7. The summed E-state index contributed by atoms with van der Waals surface area (Å²) in [6.07, 6.45) is 0.228. The van der Waals surface area contributed by atoms with E-state index in [0.717, 1.165) is 0 Å². The number of carbonyl (C=O) groups is 1. The highest BCUT2D eigenvalue weighted by molar-refractivity contribution is 6.31. The number of benzene rings is 1. The van der Waals surface area contributed by atoms with Gasteiger partial charge in [-0.05, 0) is 24.1 Å². The molecule has 0 heterocycles. The molecular formula is C10H12Cl2FNO2. The van der Waals surface area contributed by atoms with E-state index in [2.05, 4.69) is 4.74 Å². The van der Waals surface area contributed by atoms with Gasteiger partial charge in [0.2, 0.25) is 0 Å². The first-order valence-corrected chi connectivity index (χ1v) is 4.69. The zero-order valence-electron chi connectivity index (χ0n) is 8.57. The van der Waals surface area contributed by atoms with Crippen molar-refractivity contribution in [3.05, 3.63) is 34.6 Å². The summed E-state index contributed by atoms with van der Waals surface area (Å²) in [7, 11) is 1.26. The minimum absolute atomic E-state index is 0. The number of esters is 1. The van der Waals surface area contributed by atoms with Crippen LogP contribution in [0.2, 0.25) is 5.02 Å². The minimum Gasteiger partial charge on any atom is -0.468 e. The van der Waals surface area contributed by atoms with Crippen LogP contribution >= 0.6 is 24.0 Å². The summed E-state index contributed by atoms with van der Waals surface area (Å²) in [5.41, 5.74) is 6.16. The van der Waals surface area contributed by atoms with Gasteiger partial charge < -0.3 is 10.5 Å². The average Bonchev–Trinajstić information content (AvgIpc) is 2.20. The molecule has 16 heavy (non-hydrogen) atoms. The normalized spacial score (nSPS) is 11.5. The molecule has 0 aliphatic carbocycles. The zero-order valence-corrected chi connectivity index (χ0v) is 10.1. The van der Waals surface area contributed by atoms with E-state index in [1.165, 1.54) is 25.3 Å². The lowest BCUT2D eigenvalue weighted by molar-refractivity contribution is -0.142. The predicted molar refractivity (Wildman–Crippen MR) is 62.4 cm³/mol. The first-order chi connectivity index (χ1) is 7.04. The Kier molecular flexibility index (Phi) is 6.33. The topological polar surface area (TPSA) is 52.3 Å². The van der Waals surface area contributed by atoms with Gasteiger partial charge in [-0.1, -0.05) is 17.7 Å². The Bertz CT molecular complexity index is 374. The number of hydrogen-bond donors (Lipinski definition) is 1. The van der Waals surface area contributed by atoms with E-state index in [4.69, 9.17) is 17.3 Å². The Balaban J connectivity index is 0.00000225. The average molecular weight is 268 g/mol. The number of nitrogens with two attached hydrogens (primary N) is 1. The lowest BCUT2D eigenvalue weighted by atomic mass is 10.1. The Morgan fingerprint density at radius 2 is 2.25 bits per heavy atom. The quantitative estimate of drug-likeness (QED) is 0.852. The SMILES string of the molecule is COC(=O)[C@H](N)Cc1ccc(F)cc1Cl.Cl. The number of ether oxygens (including phenoxy) is 1. The maximum Gasteiger partial charge on any atom is 0.322 e. The van der Waals surface area contributed by atoms with Crippen LogP contribution in [0.5, 0.6) is 0 Å². The fourth-order valence-corrected chi connectivity index (χ4v) is 1.40. The van der Waals surface area contributed by atoms with Crippen molar-refractivity contribution in [2.45, 2.75) is 12.5 Å². The number of carbonyl (C=O) groups excluding carboxylic acids is 1. The second-order valence-corrected chi connectivity index (χ2v) is 3.48. The van der Waals surface area contributed by atoms with Gasteiger partial charge in [0.1, 0.15) is 11.9 Å². The van der Waals surface area contributed by atoms with Crippen LogP contribution < -0.4 is 5.73 Å². The van der Waals surface area contributed by atoms with Crippen LogP contribution in [0.4, 0.5) is 4.39 Å². The van der Waals surface area contributed by atoms with Gasteiger partial charge >= 0.3 is 5.97 Å². The molecule has 0 aromatic heterocycles. The molecule has 1 atom stereocenters. The highest BCUT2D eigenvalue weighted by Crippen LogP contribution is 2.18. The van der Waals surface area contributed by atoms with Crippen molar-refractivity contribution < 1.29 is 13.9 Å². The fourth-order valence-electron chi connectivity index (χ4n) is 1.16. The molecule has 0 saturated heterocycles. The summed E-state index contributed by atoms with van der Waals surface area (Å²) in [4.78, 5) is 11.0. The van der Waals surface area contributed by atoms with E-state index in [1.807, 2.05) is 0 Å². The van der Waals surface area contributed by atoms with Crippen molar-refractivity contribution in [1.82, 2.24) is 0 Å². The molecular weight excluding hydrogens is 256 g/mol. The minimum atomic E-state index is -0.780. The molecule has 1 rings (SSSR count). The molecule has 0 aliphatic rings. The second kappa shape index (κ2) is 6.68. The van der Waals surface area contributed by atoms with E-state index < -0.39 is 17.8 Å². The van der Waals surface area contributed by atoms with Crippen molar-refractivity contribution in [2.75, 3.05) is 7.11 Å². The van der Waals surface area contributed by atoms with E-state index in [9.17, 15) is 9.18 Å². The molecule has 6 heteroatoms. The van der Waals surface area contributed by atoms with Gasteiger partial charge in [0.15, 0.2) is 0 Å². The molecule has 0 unspecified atom stereocenters. The van der Waals surface area contributed by atoms with Gasteiger partial charge in [-0.2, -0.15) is 0 Å². The van der Waals surface area contributed by atoms with Crippen molar-refractivity contribution in [2.24, 2.45) is 5.73 Å². The smallest absolute Gasteiger partial charge is 0.322 e. The van der Waals surface area contributed by atoms with E-state index >= 15 is 0 Å². The Morgan fingerprint density at radius 3 is 2.75 bits per heavy atom.